The van der Waals surface area contributed by atoms with Gasteiger partial charge in [0.1, 0.15) is 0 Å². The van der Waals surface area contributed by atoms with Gasteiger partial charge in [0.15, 0.2) is 0 Å². The van der Waals surface area contributed by atoms with E-state index in [1.807, 2.05) is 0 Å². The summed E-state index contributed by atoms with van der Waals surface area (Å²) in [4.78, 5) is 12.3. The van der Waals surface area contributed by atoms with Gasteiger partial charge in [-0.2, -0.15) is 0 Å². The van der Waals surface area contributed by atoms with Gasteiger partial charge in [-0.05, 0) is 43.4 Å². The van der Waals surface area contributed by atoms with Gasteiger partial charge in [-0.15, -0.1) is 0 Å². The molecular weight excluding hydrogens is 224 g/mol. The largest absolute Gasteiger partial charge is 0.353 e. The molecule has 0 aromatic heterocycles. The molecule has 3 nitrogen and oxygen atoms in total. The lowest BCUT2D eigenvalue weighted by Gasteiger charge is -2.34. The van der Waals surface area contributed by atoms with Crippen LogP contribution in [-0.4, -0.2) is 18.0 Å². The molecule has 2 saturated carbocycles. The SMILES string of the molecule is CC1CCC(C(=O)NC2CCCC2(C)C)CC1N. The number of carbonyl (C=O) groups excluding carboxylic acids is 1. The predicted molar refractivity (Wildman–Crippen MR) is 74.0 cm³/mol. The third-order valence-corrected chi connectivity index (χ3v) is 5.20. The van der Waals surface area contributed by atoms with Gasteiger partial charge in [0.25, 0.3) is 0 Å². The van der Waals surface area contributed by atoms with Gasteiger partial charge in [0.2, 0.25) is 5.91 Å². The molecule has 1 amide bonds. The molecule has 2 fully saturated rings. The molecule has 2 rings (SSSR count). The highest BCUT2D eigenvalue weighted by Gasteiger charge is 2.37. The molecule has 0 aliphatic heterocycles. The van der Waals surface area contributed by atoms with E-state index >= 15 is 0 Å². The Bertz CT molecular complexity index is 314. The van der Waals surface area contributed by atoms with Gasteiger partial charge in [-0.1, -0.05) is 27.2 Å². The van der Waals surface area contributed by atoms with Gasteiger partial charge in [0.05, 0.1) is 0 Å². The van der Waals surface area contributed by atoms with Gasteiger partial charge < -0.3 is 11.1 Å². The number of hydrogen-bond donors (Lipinski definition) is 2. The zero-order valence-electron chi connectivity index (χ0n) is 12.0. The van der Waals surface area contributed by atoms with Crippen molar-refractivity contribution in [3.8, 4) is 0 Å². The van der Waals surface area contributed by atoms with E-state index in [0.29, 0.717) is 12.0 Å². The van der Waals surface area contributed by atoms with Crippen LogP contribution < -0.4 is 11.1 Å². The fourth-order valence-corrected chi connectivity index (χ4v) is 3.48. The smallest absolute Gasteiger partial charge is 0.223 e. The van der Waals surface area contributed by atoms with Crippen LogP contribution >= 0.6 is 0 Å². The number of nitrogens with one attached hydrogen (secondary N) is 1. The minimum Gasteiger partial charge on any atom is -0.353 e. The quantitative estimate of drug-likeness (QED) is 0.793. The van der Waals surface area contributed by atoms with E-state index in [0.717, 1.165) is 25.7 Å². The van der Waals surface area contributed by atoms with E-state index in [1.165, 1.54) is 12.8 Å². The zero-order chi connectivity index (χ0) is 13.3. The highest BCUT2D eigenvalue weighted by molar-refractivity contribution is 5.79. The van der Waals surface area contributed by atoms with E-state index in [9.17, 15) is 4.79 Å². The molecule has 3 N–H and O–H groups in total. The third-order valence-electron chi connectivity index (χ3n) is 5.20. The second kappa shape index (κ2) is 5.20. The van der Waals surface area contributed by atoms with Gasteiger partial charge in [0, 0.05) is 18.0 Å². The van der Waals surface area contributed by atoms with Crippen LogP contribution in [0.5, 0.6) is 0 Å². The molecule has 0 heterocycles. The lowest BCUT2D eigenvalue weighted by atomic mass is 9.78. The minimum atomic E-state index is 0.146. The molecule has 0 saturated heterocycles. The fraction of sp³-hybridized carbons (Fsp3) is 0.933. The summed E-state index contributed by atoms with van der Waals surface area (Å²) in [5.74, 6) is 0.960. The maximum atomic E-state index is 12.3. The second-order valence-electron chi connectivity index (χ2n) is 7.09. The maximum absolute atomic E-state index is 12.3. The molecule has 0 aromatic carbocycles. The Hall–Kier alpha value is -0.570. The number of amides is 1. The Morgan fingerprint density at radius 1 is 1.28 bits per heavy atom. The van der Waals surface area contributed by atoms with Gasteiger partial charge in [-0.3, -0.25) is 4.79 Å². The van der Waals surface area contributed by atoms with Crippen molar-refractivity contribution in [1.82, 2.24) is 5.32 Å². The molecule has 0 aromatic rings. The molecule has 18 heavy (non-hydrogen) atoms. The molecule has 3 heteroatoms. The van der Waals surface area contributed by atoms with Crippen LogP contribution in [0.2, 0.25) is 0 Å². The van der Waals surface area contributed by atoms with Crippen LogP contribution in [0.15, 0.2) is 0 Å². The van der Waals surface area contributed by atoms with E-state index in [-0.39, 0.29) is 23.3 Å². The first-order valence-electron chi connectivity index (χ1n) is 7.46. The fourth-order valence-electron chi connectivity index (χ4n) is 3.48. The molecule has 4 unspecified atom stereocenters. The van der Waals surface area contributed by atoms with Crippen LogP contribution in [-0.2, 0) is 4.79 Å². The zero-order valence-corrected chi connectivity index (χ0v) is 12.0. The average molecular weight is 252 g/mol. The van der Waals surface area contributed by atoms with Crippen molar-refractivity contribution in [2.45, 2.75) is 71.4 Å². The van der Waals surface area contributed by atoms with Crippen molar-refractivity contribution in [1.29, 1.82) is 0 Å². The first-order chi connectivity index (χ1) is 8.40. The Morgan fingerprint density at radius 3 is 2.56 bits per heavy atom. The number of nitrogens with two attached hydrogens (primary N) is 1. The van der Waals surface area contributed by atoms with E-state index < -0.39 is 0 Å². The molecule has 104 valence electrons. The summed E-state index contributed by atoms with van der Waals surface area (Å²) in [7, 11) is 0. The van der Waals surface area contributed by atoms with Crippen LogP contribution in [0.3, 0.4) is 0 Å². The van der Waals surface area contributed by atoms with Crippen molar-refractivity contribution in [3.05, 3.63) is 0 Å². The van der Waals surface area contributed by atoms with Crippen LogP contribution in [0.1, 0.15) is 59.3 Å². The predicted octanol–water partition coefficient (Wildman–Crippen LogP) is 2.44. The third kappa shape index (κ3) is 2.87. The van der Waals surface area contributed by atoms with Crippen molar-refractivity contribution >= 4 is 5.91 Å². The summed E-state index contributed by atoms with van der Waals surface area (Å²) in [6, 6.07) is 0.562. The summed E-state index contributed by atoms with van der Waals surface area (Å²) in [5.41, 5.74) is 6.35. The molecule has 4 atom stereocenters. The van der Waals surface area contributed by atoms with E-state index in [4.69, 9.17) is 5.73 Å². The summed E-state index contributed by atoms with van der Waals surface area (Å²) in [6.07, 6.45) is 6.55. The average Bonchev–Trinajstić information content (AvgIpc) is 2.62. The second-order valence-corrected chi connectivity index (χ2v) is 7.09. The molecular formula is C15H28N2O. The molecule has 0 radical (unpaired) electrons. The Morgan fingerprint density at radius 2 is 2.00 bits per heavy atom. The van der Waals surface area contributed by atoms with Gasteiger partial charge in [-0.25, -0.2) is 0 Å². The van der Waals surface area contributed by atoms with Crippen molar-refractivity contribution < 1.29 is 4.79 Å². The standard InChI is InChI=1S/C15H28N2O/c1-10-6-7-11(9-12(10)16)14(18)17-13-5-4-8-15(13,2)3/h10-13H,4-9,16H2,1-3H3,(H,17,18). The molecule has 2 aliphatic rings. The highest BCUT2D eigenvalue weighted by Crippen LogP contribution is 2.37. The first-order valence-corrected chi connectivity index (χ1v) is 7.46. The van der Waals surface area contributed by atoms with E-state index in [2.05, 4.69) is 26.1 Å². The summed E-state index contributed by atoms with van der Waals surface area (Å²) < 4.78 is 0. The minimum absolute atomic E-state index is 0.146. The normalized spacial score (nSPS) is 39.6. The summed E-state index contributed by atoms with van der Waals surface area (Å²) >= 11 is 0. The summed E-state index contributed by atoms with van der Waals surface area (Å²) in [5, 5.41) is 3.28. The number of rotatable bonds is 2. The lowest BCUT2D eigenvalue weighted by Crippen LogP contribution is -2.47. The molecule has 2 aliphatic carbocycles. The molecule has 0 bridgehead atoms. The topological polar surface area (TPSA) is 55.1 Å². The maximum Gasteiger partial charge on any atom is 0.223 e. The van der Waals surface area contributed by atoms with Crippen molar-refractivity contribution in [2.75, 3.05) is 0 Å². The Balaban J connectivity index is 1.88. The van der Waals surface area contributed by atoms with Crippen molar-refractivity contribution in [2.24, 2.45) is 23.0 Å². The van der Waals surface area contributed by atoms with Crippen LogP contribution in [0, 0.1) is 17.3 Å². The lowest BCUT2D eigenvalue weighted by molar-refractivity contribution is -0.127. The van der Waals surface area contributed by atoms with Gasteiger partial charge >= 0.3 is 0 Å². The van der Waals surface area contributed by atoms with Crippen LogP contribution in [0.4, 0.5) is 0 Å². The Kier molecular flexibility index (Phi) is 4.00. The Labute approximate surface area is 111 Å². The van der Waals surface area contributed by atoms with Crippen LogP contribution in [0.25, 0.3) is 0 Å². The highest BCUT2D eigenvalue weighted by atomic mass is 16.1. The first kappa shape index (κ1) is 13.9. The summed E-state index contributed by atoms with van der Waals surface area (Å²) in [6.45, 7) is 6.72. The van der Waals surface area contributed by atoms with Crippen molar-refractivity contribution in [3.63, 3.8) is 0 Å². The number of hydrogen-bond acceptors (Lipinski definition) is 2. The monoisotopic (exact) mass is 252 g/mol. The van der Waals surface area contributed by atoms with E-state index in [1.54, 1.807) is 0 Å². The molecule has 0 spiro atoms. The number of carbonyl (C=O) groups is 1.